The monoisotopic (exact) mass is 337 g/mol. The second-order valence-corrected chi connectivity index (χ2v) is 6.83. The average molecular weight is 337 g/mol. The lowest BCUT2D eigenvalue weighted by molar-refractivity contribution is 0.356. The Morgan fingerprint density at radius 1 is 1.24 bits per heavy atom. The van der Waals surface area contributed by atoms with Gasteiger partial charge in [-0.2, -0.15) is 5.10 Å². The van der Waals surface area contributed by atoms with E-state index in [1.165, 1.54) is 0 Å². The van der Waals surface area contributed by atoms with Gasteiger partial charge in [-0.25, -0.2) is 14.3 Å². The Balaban J connectivity index is 1.37. The molecule has 0 spiro atoms. The van der Waals surface area contributed by atoms with Crippen molar-refractivity contribution in [1.29, 1.82) is 0 Å². The Hall–Kier alpha value is -2.54. The largest absolute Gasteiger partial charge is 0.306 e. The first-order chi connectivity index (χ1) is 12.2. The molecule has 0 fully saturated rings. The van der Waals surface area contributed by atoms with Crippen molar-refractivity contribution < 1.29 is 0 Å². The fraction of sp³-hybridized carbons (Fsp3) is 0.444. The van der Waals surface area contributed by atoms with Crippen LogP contribution in [0.2, 0.25) is 0 Å². The van der Waals surface area contributed by atoms with Gasteiger partial charge in [0.05, 0.1) is 24.1 Å². The molecule has 3 heterocycles. The van der Waals surface area contributed by atoms with E-state index in [1.54, 1.807) is 0 Å². The average Bonchev–Trinajstić information content (AvgIpc) is 3.27. The second-order valence-electron chi connectivity index (χ2n) is 6.83. The van der Waals surface area contributed by atoms with Crippen molar-refractivity contribution in [2.24, 2.45) is 0 Å². The van der Waals surface area contributed by atoms with Crippen LogP contribution in [0.3, 0.4) is 0 Å². The van der Waals surface area contributed by atoms with Gasteiger partial charge in [-0.05, 0) is 18.6 Å². The predicted octanol–water partition coefficient (Wildman–Crippen LogP) is 2.09. The van der Waals surface area contributed by atoms with Crippen LogP contribution < -0.4 is 5.32 Å². The van der Waals surface area contributed by atoms with Crippen LogP contribution in [0.1, 0.15) is 43.5 Å². The summed E-state index contributed by atoms with van der Waals surface area (Å²) in [5.41, 5.74) is 1.96. The van der Waals surface area contributed by atoms with Gasteiger partial charge < -0.3 is 5.32 Å². The van der Waals surface area contributed by atoms with Gasteiger partial charge in [0.15, 0.2) is 5.82 Å². The second kappa shape index (κ2) is 6.76. The molecule has 1 aliphatic rings. The quantitative estimate of drug-likeness (QED) is 0.772. The van der Waals surface area contributed by atoms with Crippen LogP contribution in [0.25, 0.3) is 5.69 Å². The molecule has 2 aromatic heterocycles. The summed E-state index contributed by atoms with van der Waals surface area (Å²) in [6, 6.07) is 10.4. The van der Waals surface area contributed by atoms with Gasteiger partial charge in [0.25, 0.3) is 0 Å². The molecule has 7 nitrogen and oxygen atoms in total. The molecule has 1 aliphatic heterocycles. The molecular formula is C18H23N7. The van der Waals surface area contributed by atoms with Crippen molar-refractivity contribution in [3.63, 3.8) is 0 Å². The van der Waals surface area contributed by atoms with Crippen molar-refractivity contribution >= 4 is 0 Å². The Kier molecular flexibility index (Phi) is 4.31. The minimum Gasteiger partial charge on any atom is -0.306 e. The molecule has 0 saturated carbocycles. The highest BCUT2D eigenvalue weighted by Gasteiger charge is 2.22. The molecule has 1 atom stereocenters. The van der Waals surface area contributed by atoms with E-state index in [0.717, 1.165) is 42.4 Å². The lowest BCUT2D eigenvalue weighted by Crippen LogP contribution is -2.37. The van der Waals surface area contributed by atoms with E-state index in [-0.39, 0.29) is 0 Å². The number of hydrogen-bond donors (Lipinski definition) is 1. The van der Waals surface area contributed by atoms with E-state index in [0.29, 0.717) is 18.5 Å². The standard InChI is InChI=1S/C18H23N7/c1-13(2)18-20-17-9-8-14(11-25(17)22-18)19-10-15-12-24(23-21-15)16-6-4-3-5-7-16/h3-7,12-14,19H,8-11H2,1-2H3/t14-/m1/s1. The molecule has 1 N–H and O–H groups in total. The first kappa shape index (κ1) is 16.0. The summed E-state index contributed by atoms with van der Waals surface area (Å²) in [4.78, 5) is 4.64. The van der Waals surface area contributed by atoms with E-state index in [9.17, 15) is 0 Å². The van der Waals surface area contributed by atoms with E-state index in [2.05, 4.69) is 44.2 Å². The van der Waals surface area contributed by atoms with Gasteiger partial charge in [-0.15, -0.1) is 5.10 Å². The SMILES string of the molecule is CC(C)c1nc2n(n1)C[C@H](NCc1cn(-c3ccccc3)nn1)CC2. The smallest absolute Gasteiger partial charge is 0.153 e. The summed E-state index contributed by atoms with van der Waals surface area (Å²) >= 11 is 0. The zero-order chi connectivity index (χ0) is 17.2. The maximum atomic E-state index is 4.64. The van der Waals surface area contributed by atoms with Gasteiger partial charge in [0.2, 0.25) is 0 Å². The number of nitrogens with zero attached hydrogens (tertiary/aromatic N) is 6. The number of fused-ring (bicyclic) bond motifs is 1. The zero-order valence-electron chi connectivity index (χ0n) is 14.6. The van der Waals surface area contributed by atoms with E-state index < -0.39 is 0 Å². The first-order valence-electron chi connectivity index (χ1n) is 8.82. The van der Waals surface area contributed by atoms with Crippen LogP contribution in [0.5, 0.6) is 0 Å². The van der Waals surface area contributed by atoms with Crippen LogP contribution in [0.4, 0.5) is 0 Å². The molecule has 0 bridgehead atoms. The molecule has 0 amide bonds. The Labute approximate surface area is 147 Å². The third-order valence-corrected chi connectivity index (χ3v) is 4.52. The highest BCUT2D eigenvalue weighted by molar-refractivity contribution is 5.29. The molecule has 25 heavy (non-hydrogen) atoms. The summed E-state index contributed by atoms with van der Waals surface area (Å²) in [5, 5.41) is 16.7. The normalized spacial score (nSPS) is 17.0. The minimum atomic E-state index is 0.373. The van der Waals surface area contributed by atoms with Crippen molar-refractivity contribution in [3.8, 4) is 5.69 Å². The van der Waals surface area contributed by atoms with Crippen LogP contribution in [-0.2, 0) is 19.5 Å². The van der Waals surface area contributed by atoms with Crippen molar-refractivity contribution in [1.82, 2.24) is 35.1 Å². The van der Waals surface area contributed by atoms with E-state index in [1.807, 2.05) is 41.2 Å². The highest BCUT2D eigenvalue weighted by atomic mass is 15.4. The Morgan fingerprint density at radius 3 is 2.88 bits per heavy atom. The van der Waals surface area contributed by atoms with Gasteiger partial charge in [-0.3, -0.25) is 0 Å². The van der Waals surface area contributed by atoms with Crippen molar-refractivity contribution in [2.75, 3.05) is 0 Å². The molecule has 1 aromatic carbocycles. The highest BCUT2D eigenvalue weighted by Crippen LogP contribution is 2.17. The fourth-order valence-corrected chi connectivity index (χ4v) is 3.07. The molecule has 3 aromatic rings. The number of para-hydroxylation sites is 1. The van der Waals surface area contributed by atoms with Crippen LogP contribution >= 0.6 is 0 Å². The molecule has 0 radical (unpaired) electrons. The molecule has 0 saturated heterocycles. The van der Waals surface area contributed by atoms with Crippen LogP contribution in [-0.4, -0.2) is 35.8 Å². The fourth-order valence-electron chi connectivity index (χ4n) is 3.07. The number of hydrogen-bond acceptors (Lipinski definition) is 5. The topological polar surface area (TPSA) is 73.5 Å². The van der Waals surface area contributed by atoms with Gasteiger partial charge in [0.1, 0.15) is 5.82 Å². The lowest BCUT2D eigenvalue weighted by Gasteiger charge is -2.23. The van der Waals surface area contributed by atoms with Crippen molar-refractivity contribution in [3.05, 3.63) is 53.9 Å². The first-order valence-corrected chi connectivity index (χ1v) is 8.82. The van der Waals surface area contributed by atoms with Gasteiger partial charge >= 0.3 is 0 Å². The summed E-state index contributed by atoms with van der Waals surface area (Å²) < 4.78 is 3.86. The molecule has 7 heteroatoms. The van der Waals surface area contributed by atoms with Gasteiger partial charge in [-0.1, -0.05) is 37.3 Å². The summed E-state index contributed by atoms with van der Waals surface area (Å²) in [6.45, 7) is 5.83. The van der Waals surface area contributed by atoms with Crippen molar-refractivity contribution in [2.45, 2.75) is 51.7 Å². The maximum Gasteiger partial charge on any atom is 0.153 e. The summed E-state index contributed by atoms with van der Waals surface area (Å²) in [5.74, 6) is 2.43. The summed E-state index contributed by atoms with van der Waals surface area (Å²) in [7, 11) is 0. The molecule has 4 rings (SSSR count). The summed E-state index contributed by atoms with van der Waals surface area (Å²) in [6.07, 6.45) is 4.01. The molecular weight excluding hydrogens is 314 g/mol. The predicted molar refractivity (Wildman–Crippen MR) is 94.4 cm³/mol. The molecule has 0 aliphatic carbocycles. The number of nitrogens with one attached hydrogen (secondary N) is 1. The number of rotatable bonds is 5. The van der Waals surface area contributed by atoms with E-state index in [4.69, 9.17) is 0 Å². The van der Waals surface area contributed by atoms with Crippen LogP contribution in [0.15, 0.2) is 36.5 Å². The maximum absolute atomic E-state index is 4.64. The zero-order valence-corrected chi connectivity index (χ0v) is 14.6. The van der Waals surface area contributed by atoms with Crippen LogP contribution in [0, 0.1) is 0 Å². The number of aromatic nitrogens is 6. The molecule has 130 valence electrons. The third kappa shape index (κ3) is 3.46. The van der Waals surface area contributed by atoms with E-state index >= 15 is 0 Å². The number of aryl methyl sites for hydroxylation is 1. The Bertz CT molecular complexity index is 834. The van der Waals surface area contributed by atoms with Gasteiger partial charge in [0, 0.05) is 24.9 Å². The molecule has 0 unspecified atom stereocenters. The Morgan fingerprint density at radius 2 is 2.08 bits per heavy atom. The third-order valence-electron chi connectivity index (χ3n) is 4.52. The minimum absolute atomic E-state index is 0.373. The lowest BCUT2D eigenvalue weighted by atomic mass is 10.1. The number of benzene rings is 1.